The van der Waals surface area contributed by atoms with Crippen molar-refractivity contribution in [3.8, 4) is 17.2 Å². The second-order valence-corrected chi connectivity index (χ2v) is 9.90. The normalized spacial score (nSPS) is 22.5. The summed E-state index contributed by atoms with van der Waals surface area (Å²) >= 11 is 0. The molecule has 6 rings (SSSR count). The first-order valence-corrected chi connectivity index (χ1v) is 12.8. The van der Waals surface area contributed by atoms with Crippen LogP contribution in [0.4, 0.5) is 11.4 Å². The van der Waals surface area contributed by atoms with Gasteiger partial charge in [-0.05, 0) is 58.7 Å². The smallest absolute Gasteiger partial charge is 0.297 e. The first kappa shape index (κ1) is 25.4. The number of hydrogen-bond acceptors (Lipinski definition) is 7. The minimum atomic E-state index is -0.647. The van der Waals surface area contributed by atoms with E-state index in [1.807, 2.05) is 60.7 Å². The van der Waals surface area contributed by atoms with Gasteiger partial charge in [-0.15, -0.1) is 0 Å². The zero-order chi connectivity index (χ0) is 28.1. The summed E-state index contributed by atoms with van der Waals surface area (Å²) in [7, 11) is 4.61. The maximum absolute atomic E-state index is 13.9. The molecule has 2 fully saturated rings. The number of methoxy groups -OCH3 is 3. The number of anilines is 1. The number of fused-ring (bicyclic) bond motifs is 5. The molecule has 3 aromatic carbocycles. The minimum Gasteiger partial charge on any atom is -0.497 e. The Balaban J connectivity index is 1.46. The van der Waals surface area contributed by atoms with Gasteiger partial charge in [-0.2, -0.15) is 0 Å². The topological polar surface area (TPSA) is 108 Å². The van der Waals surface area contributed by atoms with Gasteiger partial charge in [0.2, 0.25) is 11.8 Å². The fourth-order valence-corrected chi connectivity index (χ4v) is 6.31. The van der Waals surface area contributed by atoms with Crippen molar-refractivity contribution >= 4 is 28.8 Å². The standard InChI is InChI=1S/C31H26N2O7/c1-38-19-8-4-17(5-9-19)26(18-6-10-20(39-2)11-7-18)27-22-13-14-23(27)29-28(22)30(34)32(31(29)35)24-15-12-21(40-3)16-25(24)33(36)37/h4-16,22-23,28-29H,1-3H3/t22-,23-,28-,29+/m1/s1. The minimum absolute atomic E-state index is 0.0364. The molecule has 0 spiro atoms. The number of rotatable bonds is 7. The molecule has 40 heavy (non-hydrogen) atoms. The molecule has 202 valence electrons. The van der Waals surface area contributed by atoms with Crippen LogP contribution in [0.15, 0.2) is 84.5 Å². The van der Waals surface area contributed by atoms with Crippen LogP contribution in [0.1, 0.15) is 11.1 Å². The van der Waals surface area contributed by atoms with Crippen molar-refractivity contribution in [3.05, 3.63) is 106 Å². The Bertz CT molecular complexity index is 1510. The zero-order valence-corrected chi connectivity index (χ0v) is 22.1. The Morgan fingerprint density at radius 2 is 1.18 bits per heavy atom. The number of hydrogen-bond donors (Lipinski definition) is 0. The van der Waals surface area contributed by atoms with Gasteiger partial charge in [0.05, 0.1) is 44.2 Å². The molecule has 1 heterocycles. The number of carbonyl (C=O) groups excluding carboxylic acids is 2. The van der Waals surface area contributed by atoms with Gasteiger partial charge >= 0.3 is 0 Å². The molecule has 0 N–H and O–H groups in total. The molecule has 3 aliphatic rings. The van der Waals surface area contributed by atoms with Crippen LogP contribution in [0.2, 0.25) is 0 Å². The largest absolute Gasteiger partial charge is 0.497 e. The van der Waals surface area contributed by atoms with Gasteiger partial charge in [0.1, 0.15) is 22.9 Å². The van der Waals surface area contributed by atoms with E-state index in [4.69, 9.17) is 14.2 Å². The molecule has 1 aliphatic heterocycles. The lowest BCUT2D eigenvalue weighted by atomic mass is 9.85. The number of nitrogens with zero attached hydrogens (tertiary/aromatic N) is 2. The van der Waals surface area contributed by atoms with Crippen molar-refractivity contribution < 1.29 is 28.7 Å². The van der Waals surface area contributed by atoms with Crippen molar-refractivity contribution in [3.63, 3.8) is 0 Å². The van der Waals surface area contributed by atoms with Gasteiger partial charge in [-0.1, -0.05) is 36.4 Å². The molecule has 2 amide bonds. The molecule has 0 radical (unpaired) electrons. The van der Waals surface area contributed by atoms with Gasteiger partial charge in [0.25, 0.3) is 5.69 Å². The summed E-state index contributed by atoms with van der Waals surface area (Å²) in [5, 5.41) is 11.9. The van der Waals surface area contributed by atoms with Gasteiger partial charge in [0, 0.05) is 11.8 Å². The fourth-order valence-electron chi connectivity index (χ4n) is 6.31. The van der Waals surface area contributed by atoms with Crippen LogP contribution in [-0.2, 0) is 9.59 Å². The molecule has 3 aromatic rings. The summed E-state index contributed by atoms with van der Waals surface area (Å²) in [5.41, 5.74) is 3.42. The van der Waals surface area contributed by atoms with E-state index in [9.17, 15) is 19.7 Å². The number of imide groups is 1. The third-order valence-corrected chi connectivity index (χ3v) is 8.08. The van der Waals surface area contributed by atoms with Crippen molar-refractivity contribution in [1.82, 2.24) is 0 Å². The summed E-state index contributed by atoms with van der Waals surface area (Å²) in [6, 6.07) is 19.5. The summed E-state index contributed by atoms with van der Waals surface area (Å²) < 4.78 is 15.8. The van der Waals surface area contributed by atoms with E-state index < -0.39 is 28.6 Å². The number of carbonyl (C=O) groups is 2. The third kappa shape index (κ3) is 3.77. The molecule has 0 unspecified atom stereocenters. The van der Waals surface area contributed by atoms with E-state index in [0.717, 1.165) is 27.2 Å². The molecule has 2 bridgehead atoms. The van der Waals surface area contributed by atoms with E-state index in [-0.39, 0.29) is 29.0 Å². The zero-order valence-electron chi connectivity index (χ0n) is 22.1. The number of nitro benzene ring substituents is 1. The van der Waals surface area contributed by atoms with Gasteiger partial charge in [0.15, 0.2) is 0 Å². The molecule has 9 nitrogen and oxygen atoms in total. The number of amides is 2. The van der Waals surface area contributed by atoms with Gasteiger partial charge < -0.3 is 14.2 Å². The predicted octanol–water partition coefficient (Wildman–Crippen LogP) is 5.04. The molecule has 2 aliphatic carbocycles. The number of benzene rings is 3. The molecule has 0 aromatic heterocycles. The highest BCUT2D eigenvalue weighted by molar-refractivity contribution is 6.24. The lowest BCUT2D eigenvalue weighted by Gasteiger charge is -2.22. The maximum atomic E-state index is 13.9. The number of allylic oxidation sites excluding steroid dienone is 3. The average molecular weight is 539 g/mol. The summed E-state index contributed by atoms with van der Waals surface area (Å²) in [6.07, 6.45) is 3.98. The predicted molar refractivity (Wildman–Crippen MR) is 147 cm³/mol. The van der Waals surface area contributed by atoms with E-state index in [1.54, 1.807) is 14.2 Å². The van der Waals surface area contributed by atoms with Crippen LogP contribution < -0.4 is 19.1 Å². The van der Waals surface area contributed by atoms with Crippen LogP contribution in [-0.4, -0.2) is 38.1 Å². The Hall–Kier alpha value is -4.92. The molecule has 9 heteroatoms. The lowest BCUT2D eigenvalue weighted by Crippen LogP contribution is -2.33. The second-order valence-electron chi connectivity index (χ2n) is 9.90. The highest BCUT2D eigenvalue weighted by Crippen LogP contribution is 2.59. The van der Waals surface area contributed by atoms with Crippen LogP contribution in [0.25, 0.3) is 5.57 Å². The van der Waals surface area contributed by atoms with E-state index in [1.165, 1.54) is 25.3 Å². The first-order valence-electron chi connectivity index (χ1n) is 12.8. The Kier molecular flexibility index (Phi) is 6.14. The molecule has 1 saturated heterocycles. The van der Waals surface area contributed by atoms with Crippen LogP contribution in [0.5, 0.6) is 17.2 Å². The summed E-state index contributed by atoms with van der Waals surface area (Å²) in [5.74, 6) is -1.10. The Labute approximate surface area is 230 Å². The monoisotopic (exact) mass is 538 g/mol. The van der Waals surface area contributed by atoms with E-state index in [0.29, 0.717) is 11.5 Å². The van der Waals surface area contributed by atoms with Crippen molar-refractivity contribution in [2.24, 2.45) is 23.7 Å². The Morgan fingerprint density at radius 1 is 0.725 bits per heavy atom. The van der Waals surface area contributed by atoms with E-state index in [2.05, 4.69) is 0 Å². The highest BCUT2D eigenvalue weighted by atomic mass is 16.6. The fraction of sp³-hybridized carbons (Fsp3) is 0.226. The van der Waals surface area contributed by atoms with Crippen LogP contribution in [0, 0.1) is 33.8 Å². The van der Waals surface area contributed by atoms with Crippen molar-refractivity contribution in [2.45, 2.75) is 0 Å². The Morgan fingerprint density at radius 3 is 1.60 bits per heavy atom. The summed E-state index contributed by atoms with van der Waals surface area (Å²) in [6.45, 7) is 0. The highest BCUT2D eigenvalue weighted by Gasteiger charge is 2.63. The van der Waals surface area contributed by atoms with Crippen molar-refractivity contribution in [2.75, 3.05) is 26.2 Å². The quantitative estimate of drug-likeness (QED) is 0.179. The first-order chi connectivity index (χ1) is 19.4. The number of ether oxygens (including phenoxy) is 3. The van der Waals surface area contributed by atoms with Crippen LogP contribution in [0.3, 0.4) is 0 Å². The third-order valence-electron chi connectivity index (χ3n) is 8.08. The average Bonchev–Trinajstić information content (AvgIpc) is 3.62. The number of nitro groups is 1. The maximum Gasteiger partial charge on any atom is 0.297 e. The van der Waals surface area contributed by atoms with Crippen LogP contribution >= 0.6 is 0 Å². The SMILES string of the molecule is COc1ccc(C(=C2[C@H]3C=C[C@H]2[C@H]2C(=O)N(c4ccc(OC)cc4[N+](=O)[O-])C(=O)[C@H]23)c2ccc(OC)cc2)cc1. The molecule has 4 atom stereocenters. The van der Waals surface area contributed by atoms with Gasteiger partial charge in [-0.25, -0.2) is 4.90 Å². The van der Waals surface area contributed by atoms with E-state index >= 15 is 0 Å². The second kappa shape index (κ2) is 9.68. The van der Waals surface area contributed by atoms with Gasteiger partial charge in [-0.3, -0.25) is 19.7 Å². The summed E-state index contributed by atoms with van der Waals surface area (Å²) in [4.78, 5) is 40.0. The molecular formula is C31H26N2O7. The molecular weight excluding hydrogens is 512 g/mol. The molecule has 1 saturated carbocycles. The lowest BCUT2D eigenvalue weighted by molar-refractivity contribution is -0.384. The van der Waals surface area contributed by atoms with Crippen molar-refractivity contribution in [1.29, 1.82) is 0 Å².